The number of furan rings is 1. The zero-order chi connectivity index (χ0) is 16.1. The molecule has 0 spiro atoms. The Hall–Kier alpha value is -2.85. The van der Waals surface area contributed by atoms with Gasteiger partial charge in [0, 0.05) is 6.20 Å². The smallest absolute Gasteiger partial charge is 0.350 e. The van der Waals surface area contributed by atoms with E-state index in [4.69, 9.17) is 9.68 Å². The third-order valence-electron chi connectivity index (χ3n) is 2.88. The molecule has 7 heteroatoms. The highest BCUT2D eigenvalue weighted by Gasteiger charge is 2.17. The summed E-state index contributed by atoms with van der Waals surface area (Å²) in [5.74, 6) is -0.491. The van der Waals surface area contributed by atoms with Crippen LogP contribution in [0.1, 0.15) is 25.8 Å². The molecule has 0 aliphatic rings. The van der Waals surface area contributed by atoms with Crippen LogP contribution in [0.5, 0.6) is 0 Å². The minimum Gasteiger partial charge on any atom is -0.469 e. The van der Waals surface area contributed by atoms with E-state index in [1.54, 1.807) is 18.4 Å². The van der Waals surface area contributed by atoms with Gasteiger partial charge in [0.25, 0.3) is 0 Å². The number of carbonyl (C=O) groups is 2. The maximum atomic E-state index is 12.2. The Morgan fingerprint density at radius 1 is 1.45 bits per heavy atom. The second kappa shape index (κ2) is 6.74. The fraction of sp³-hybridized carbons (Fsp3) is 0.133. The molecule has 22 heavy (non-hydrogen) atoms. The van der Waals surface area contributed by atoms with Gasteiger partial charge < -0.3 is 14.5 Å². The van der Waals surface area contributed by atoms with Crippen molar-refractivity contribution in [1.82, 2.24) is 0 Å². The van der Waals surface area contributed by atoms with E-state index >= 15 is 0 Å². The van der Waals surface area contributed by atoms with Gasteiger partial charge in [-0.3, -0.25) is 4.79 Å². The van der Waals surface area contributed by atoms with E-state index in [0.717, 1.165) is 0 Å². The fourth-order valence-electron chi connectivity index (χ4n) is 1.74. The van der Waals surface area contributed by atoms with Gasteiger partial charge in [-0.05, 0) is 24.4 Å². The number of ketones is 1. The maximum Gasteiger partial charge on any atom is 0.350 e. The van der Waals surface area contributed by atoms with Gasteiger partial charge in [0.1, 0.15) is 22.3 Å². The van der Waals surface area contributed by atoms with Crippen LogP contribution in [-0.4, -0.2) is 18.9 Å². The molecular formula is C15H12N2O4S. The van der Waals surface area contributed by atoms with Gasteiger partial charge >= 0.3 is 5.97 Å². The van der Waals surface area contributed by atoms with Gasteiger partial charge in [0.2, 0.25) is 5.78 Å². The number of ether oxygens (including phenoxy) is 1. The van der Waals surface area contributed by atoms with Gasteiger partial charge in [-0.15, -0.1) is 11.3 Å². The van der Waals surface area contributed by atoms with Crippen LogP contribution in [-0.2, 0) is 4.74 Å². The van der Waals surface area contributed by atoms with Crippen LogP contribution in [0.3, 0.4) is 0 Å². The molecule has 2 aromatic heterocycles. The van der Waals surface area contributed by atoms with Crippen molar-refractivity contribution in [2.24, 2.45) is 0 Å². The Morgan fingerprint density at radius 2 is 2.23 bits per heavy atom. The summed E-state index contributed by atoms with van der Waals surface area (Å²) < 4.78 is 9.72. The third kappa shape index (κ3) is 3.07. The van der Waals surface area contributed by atoms with E-state index in [2.05, 4.69) is 10.1 Å². The first-order valence-electron chi connectivity index (χ1n) is 6.20. The van der Waals surface area contributed by atoms with E-state index in [9.17, 15) is 9.59 Å². The van der Waals surface area contributed by atoms with Crippen LogP contribution in [0.2, 0.25) is 0 Å². The number of hydrogen-bond donors (Lipinski definition) is 1. The molecule has 0 fully saturated rings. The summed E-state index contributed by atoms with van der Waals surface area (Å²) in [6.45, 7) is 1.64. The highest BCUT2D eigenvalue weighted by molar-refractivity contribution is 7.12. The third-order valence-corrected chi connectivity index (χ3v) is 3.77. The number of aryl methyl sites for hydroxylation is 1. The zero-order valence-corrected chi connectivity index (χ0v) is 12.7. The number of hydrogen-bond acceptors (Lipinski definition) is 7. The quantitative estimate of drug-likeness (QED) is 0.394. The normalized spacial score (nSPS) is 10.9. The topological polar surface area (TPSA) is 92.3 Å². The number of anilines is 1. The molecule has 0 saturated heterocycles. The highest BCUT2D eigenvalue weighted by Crippen LogP contribution is 2.23. The summed E-state index contributed by atoms with van der Waals surface area (Å²) in [5.41, 5.74) is 0.709. The molecular weight excluding hydrogens is 304 g/mol. The monoisotopic (exact) mass is 316 g/mol. The molecule has 0 radical (unpaired) electrons. The van der Waals surface area contributed by atoms with Crippen molar-refractivity contribution in [2.45, 2.75) is 6.92 Å². The second-order valence-electron chi connectivity index (χ2n) is 4.19. The number of esters is 1. The number of nitrogens with zero attached hydrogens (tertiary/aromatic N) is 1. The van der Waals surface area contributed by atoms with Crippen molar-refractivity contribution in [3.05, 3.63) is 51.7 Å². The Labute approximate surface area is 130 Å². The number of Topliss-reactive ketones (excluding diaryl/α,β-unsaturated/α-hetero) is 1. The van der Waals surface area contributed by atoms with Crippen molar-refractivity contribution in [3.8, 4) is 6.07 Å². The molecule has 1 N–H and O–H groups in total. The summed E-state index contributed by atoms with van der Waals surface area (Å²) >= 11 is 1.20. The Morgan fingerprint density at radius 3 is 2.82 bits per heavy atom. The van der Waals surface area contributed by atoms with Gasteiger partial charge in [0.15, 0.2) is 0 Å². The first-order chi connectivity index (χ1) is 10.6. The van der Waals surface area contributed by atoms with Crippen molar-refractivity contribution in [1.29, 1.82) is 5.26 Å². The number of methoxy groups -OCH3 is 1. The van der Waals surface area contributed by atoms with Crippen LogP contribution < -0.4 is 5.32 Å². The Kier molecular flexibility index (Phi) is 4.76. The highest BCUT2D eigenvalue weighted by atomic mass is 32.1. The zero-order valence-electron chi connectivity index (χ0n) is 11.9. The minimum absolute atomic E-state index is 0.0912. The number of nitriles is 1. The molecule has 112 valence electrons. The van der Waals surface area contributed by atoms with Crippen molar-refractivity contribution >= 4 is 28.8 Å². The number of rotatable bonds is 5. The first kappa shape index (κ1) is 15.5. The summed E-state index contributed by atoms with van der Waals surface area (Å²) in [6, 6.07) is 5.01. The number of nitrogens with one attached hydrogen (secondary N) is 1. The first-order valence-corrected chi connectivity index (χ1v) is 7.07. The van der Waals surface area contributed by atoms with Gasteiger partial charge in [-0.2, -0.15) is 5.26 Å². The van der Waals surface area contributed by atoms with E-state index < -0.39 is 11.8 Å². The Bertz CT molecular complexity index is 780. The standard InChI is InChI=1S/C15H12N2O4S/c1-9-11(3-5-21-9)13(18)10(7-16)8-17-12-4-6-22-14(12)15(19)20-2/h3-6,8,17H,1-2H3/b10-8+. The number of allylic oxidation sites excluding steroid dienone is 1. The molecule has 0 atom stereocenters. The molecule has 2 heterocycles. The second-order valence-corrected chi connectivity index (χ2v) is 5.10. The van der Waals surface area contributed by atoms with E-state index in [-0.39, 0.29) is 5.57 Å². The van der Waals surface area contributed by atoms with E-state index in [1.807, 2.05) is 6.07 Å². The predicted octanol–water partition coefficient (Wildman–Crippen LogP) is 3.14. The van der Waals surface area contributed by atoms with Crippen LogP contribution in [0, 0.1) is 18.3 Å². The van der Waals surface area contributed by atoms with Crippen LogP contribution >= 0.6 is 11.3 Å². The van der Waals surface area contributed by atoms with Crippen LogP contribution in [0.15, 0.2) is 40.0 Å². The molecule has 6 nitrogen and oxygen atoms in total. The molecule has 0 aliphatic carbocycles. The molecule has 0 saturated carbocycles. The summed E-state index contributed by atoms with van der Waals surface area (Å²) in [7, 11) is 1.29. The van der Waals surface area contributed by atoms with E-state index in [1.165, 1.54) is 37.0 Å². The average Bonchev–Trinajstić information content (AvgIpc) is 3.15. The SMILES string of the molecule is COC(=O)c1sccc1N/C=C(\C#N)C(=O)c1ccoc1C. The van der Waals surface area contributed by atoms with E-state index in [0.29, 0.717) is 21.9 Å². The molecule has 0 amide bonds. The molecule has 0 aromatic carbocycles. The lowest BCUT2D eigenvalue weighted by molar-refractivity contribution is 0.0607. The molecule has 2 aromatic rings. The van der Waals surface area contributed by atoms with Crippen LogP contribution in [0.4, 0.5) is 5.69 Å². The number of thiophene rings is 1. The molecule has 0 aliphatic heterocycles. The lowest BCUT2D eigenvalue weighted by Gasteiger charge is -2.03. The lowest BCUT2D eigenvalue weighted by Crippen LogP contribution is -2.06. The van der Waals surface area contributed by atoms with Crippen LogP contribution in [0.25, 0.3) is 0 Å². The molecule has 0 bridgehead atoms. The average molecular weight is 316 g/mol. The van der Waals surface area contributed by atoms with Gasteiger partial charge in [0.05, 0.1) is 24.6 Å². The molecule has 0 unspecified atom stereocenters. The number of carbonyl (C=O) groups excluding carboxylic acids is 2. The van der Waals surface area contributed by atoms with Crippen molar-refractivity contribution in [2.75, 3.05) is 12.4 Å². The largest absolute Gasteiger partial charge is 0.469 e. The Balaban J connectivity index is 2.23. The lowest BCUT2D eigenvalue weighted by atomic mass is 10.1. The van der Waals surface area contributed by atoms with Crippen molar-refractivity contribution in [3.63, 3.8) is 0 Å². The van der Waals surface area contributed by atoms with Gasteiger partial charge in [-0.1, -0.05) is 0 Å². The molecule has 2 rings (SSSR count). The summed E-state index contributed by atoms with van der Waals surface area (Å²) in [4.78, 5) is 24.1. The predicted molar refractivity (Wildman–Crippen MR) is 80.8 cm³/mol. The van der Waals surface area contributed by atoms with Crippen molar-refractivity contribution < 1.29 is 18.7 Å². The van der Waals surface area contributed by atoms with Gasteiger partial charge in [-0.25, -0.2) is 4.79 Å². The summed E-state index contributed by atoms with van der Waals surface area (Å²) in [6.07, 6.45) is 2.66. The summed E-state index contributed by atoms with van der Waals surface area (Å²) in [5, 5.41) is 13.6. The maximum absolute atomic E-state index is 12.2. The minimum atomic E-state index is -0.485. The fourth-order valence-corrected chi connectivity index (χ4v) is 2.51.